The largest absolute Gasteiger partial charge is 0.496 e. The lowest BCUT2D eigenvalue weighted by Gasteiger charge is -2.42. The molecule has 3 atom stereocenters. The van der Waals surface area contributed by atoms with E-state index in [0.29, 0.717) is 5.75 Å². The number of alkyl halides is 4. The number of imide groups is 1. The average molecular weight is 745 g/mol. The van der Waals surface area contributed by atoms with Gasteiger partial charge in [-0.05, 0) is 29.2 Å². The van der Waals surface area contributed by atoms with Crippen LogP contribution >= 0.6 is 46.1 Å². The Labute approximate surface area is 297 Å². The van der Waals surface area contributed by atoms with E-state index in [1.807, 2.05) is 20.8 Å². The highest BCUT2D eigenvalue weighted by Gasteiger charge is 2.68. The van der Waals surface area contributed by atoms with Gasteiger partial charge in [-0.1, -0.05) is 82.4 Å². The molecule has 1 saturated heterocycles. The summed E-state index contributed by atoms with van der Waals surface area (Å²) in [7, 11) is 1.49. The fourth-order valence-corrected chi connectivity index (χ4v) is 6.98. The van der Waals surface area contributed by atoms with Crippen molar-refractivity contribution in [3.05, 3.63) is 64.4 Å². The van der Waals surface area contributed by atoms with Gasteiger partial charge in [0.15, 0.2) is 11.5 Å². The second kappa shape index (κ2) is 13.6. The van der Waals surface area contributed by atoms with Gasteiger partial charge in [0, 0.05) is 41.4 Å². The van der Waals surface area contributed by atoms with Gasteiger partial charge in [0.1, 0.15) is 28.9 Å². The molecule has 260 valence electrons. The summed E-state index contributed by atoms with van der Waals surface area (Å²) < 4.78 is 27.8. The summed E-state index contributed by atoms with van der Waals surface area (Å²) in [5.41, 5.74) is -4.96. The third kappa shape index (κ3) is 7.64. The van der Waals surface area contributed by atoms with Crippen molar-refractivity contribution in [1.29, 1.82) is 0 Å². The van der Waals surface area contributed by atoms with Crippen LogP contribution in [0.2, 0.25) is 0 Å². The molecule has 3 heterocycles. The number of hydrogen-bond donors (Lipinski definition) is 1. The van der Waals surface area contributed by atoms with Crippen LogP contribution in [0.1, 0.15) is 74.9 Å². The molecule has 1 fully saturated rings. The molecule has 0 spiro atoms. The zero-order valence-corrected chi connectivity index (χ0v) is 30.6. The first-order chi connectivity index (χ1) is 22.1. The van der Waals surface area contributed by atoms with E-state index in [9.17, 15) is 19.2 Å². The number of carbonyl (C=O) groups excluding carboxylic acids is 4. The molecule has 3 aromatic rings. The first-order valence-corrected chi connectivity index (χ1v) is 16.8. The predicted molar refractivity (Wildman–Crippen MR) is 180 cm³/mol. The van der Waals surface area contributed by atoms with E-state index in [0.717, 1.165) is 16.9 Å². The molecule has 1 aliphatic heterocycles. The second-order valence-corrected chi connectivity index (χ2v) is 16.9. The molecule has 4 rings (SSSR count). The Morgan fingerprint density at radius 2 is 1.79 bits per heavy atom. The normalized spacial score (nSPS) is 21.6. The number of ketones is 1. The van der Waals surface area contributed by atoms with Crippen LogP contribution in [0, 0.1) is 5.41 Å². The van der Waals surface area contributed by atoms with E-state index in [1.54, 1.807) is 61.9 Å². The third-order valence-electron chi connectivity index (χ3n) is 7.96. The summed E-state index contributed by atoms with van der Waals surface area (Å²) in [4.78, 5) is 59.9. The molecular weight excluding hydrogens is 708 g/mol. The molecule has 3 amide bonds. The van der Waals surface area contributed by atoms with Crippen LogP contribution in [0.15, 0.2) is 48.2 Å². The molecule has 1 N–H and O–H groups in total. The number of nitrogens with one attached hydrogen (secondary N) is 1. The highest BCUT2D eigenvalue weighted by molar-refractivity contribution is 7.09. The number of methoxy groups -OCH3 is 1. The predicted octanol–water partition coefficient (Wildman–Crippen LogP) is 6.62. The highest BCUT2D eigenvalue weighted by atomic mass is 35.6. The molecule has 2 aromatic heterocycles. The summed E-state index contributed by atoms with van der Waals surface area (Å²) in [5, 5.41) is 7.79. The van der Waals surface area contributed by atoms with Gasteiger partial charge >= 0.3 is 6.09 Å². The lowest BCUT2D eigenvalue weighted by molar-refractivity contribution is -0.138. The Morgan fingerprint density at radius 1 is 1.10 bits per heavy atom. The van der Waals surface area contributed by atoms with Gasteiger partial charge in [-0.25, -0.2) is 14.2 Å². The zero-order chi connectivity index (χ0) is 35.9. The van der Waals surface area contributed by atoms with E-state index >= 15 is 4.39 Å². The van der Waals surface area contributed by atoms with Gasteiger partial charge in [0.2, 0.25) is 0 Å². The summed E-state index contributed by atoms with van der Waals surface area (Å²) in [6.07, 6.45) is 2.53. The van der Waals surface area contributed by atoms with E-state index in [2.05, 4.69) is 10.1 Å². The smallest absolute Gasteiger partial charge is 0.414 e. The van der Waals surface area contributed by atoms with Crippen molar-refractivity contribution in [3.8, 4) is 5.75 Å². The van der Waals surface area contributed by atoms with Crippen molar-refractivity contribution < 1.29 is 33.0 Å². The maximum atomic E-state index is 17.9. The minimum absolute atomic E-state index is 0.129. The van der Waals surface area contributed by atoms with Gasteiger partial charge in [0.05, 0.1) is 13.7 Å². The van der Waals surface area contributed by atoms with Crippen molar-refractivity contribution in [1.82, 2.24) is 25.0 Å². The Hall–Kier alpha value is -3.26. The molecule has 48 heavy (non-hydrogen) atoms. The lowest BCUT2D eigenvalue weighted by atomic mass is 9.74. The summed E-state index contributed by atoms with van der Waals surface area (Å²) in [6, 6.07) is 5.04. The number of thiazole rings is 1. The van der Waals surface area contributed by atoms with Crippen LogP contribution in [-0.4, -0.2) is 72.1 Å². The molecular formula is C32H37Cl3FN5O6S. The van der Waals surface area contributed by atoms with Crippen LogP contribution in [0.3, 0.4) is 0 Å². The lowest BCUT2D eigenvalue weighted by Crippen LogP contribution is -2.59. The first-order valence-electron chi connectivity index (χ1n) is 14.8. The highest BCUT2D eigenvalue weighted by Crippen LogP contribution is 2.55. The SMILES string of the molecule is COc1cc(C(=O)N2C(c3nccs3)C(F)(COC(=O)NC(=O)C(Cl)(Cl)Cl)CC2(Cn2cccn2)C(=O)C(C)(C)C)ccc1C(C)(C)C. The number of rotatable bonds is 8. The average Bonchev–Trinajstić information content (AvgIpc) is 3.74. The fourth-order valence-electron chi connectivity index (χ4n) is 6.01. The van der Waals surface area contributed by atoms with Crippen molar-refractivity contribution in [2.75, 3.05) is 13.7 Å². The summed E-state index contributed by atoms with van der Waals surface area (Å²) in [6.45, 7) is 9.78. The van der Waals surface area contributed by atoms with E-state index in [1.165, 1.54) is 29.1 Å². The molecule has 1 aliphatic rings. The van der Waals surface area contributed by atoms with Crippen molar-refractivity contribution in [2.45, 2.75) is 81.0 Å². The van der Waals surface area contributed by atoms with Crippen LogP contribution in [0.25, 0.3) is 0 Å². The number of aromatic nitrogens is 3. The standard InChI is InChI=1S/C32H37Cl3FN5O6S/c1-28(2,3)20-10-9-19(15-21(20)46-7)24(42)41-22(23-37-12-14-48-23)30(36,18-47-27(45)39-26(44)32(33,34)35)16-31(41,25(43)29(4,5)6)17-40-13-8-11-38-40/h8-15,22H,16-18H2,1-7H3,(H,39,44,45). The molecule has 16 heteroatoms. The molecule has 1 aromatic carbocycles. The van der Waals surface area contributed by atoms with Crippen molar-refractivity contribution >= 4 is 69.8 Å². The maximum Gasteiger partial charge on any atom is 0.414 e. The van der Waals surface area contributed by atoms with Gasteiger partial charge in [-0.15, -0.1) is 11.3 Å². The minimum atomic E-state index is -2.61. The van der Waals surface area contributed by atoms with E-state index < -0.39 is 63.2 Å². The molecule has 11 nitrogen and oxygen atoms in total. The quantitative estimate of drug-likeness (QED) is 0.255. The number of hydrogen-bond acceptors (Lipinski definition) is 9. The van der Waals surface area contributed by atoms with Gasteiger partial charge in [-0.3, -0.25) is 24.4 Å². The van der Waals surface area contributed by atoms with Crippen LogP contribution in [-0.2, 0) is 26.3 Å². The van der Waals surface area contributed by atoms with Crippen LogP contribution < -0.4 is 10.1 Å². The fraction of sp³-hybridized carbons (Fsp3) is 0.500. The number of alkyl carbamates (subject to hydrolysis) is 1. The number of carbonyl (C=O) groups is 4. The second-order valence-electron chi connectivity index (χ2n) is 13.7. The van der Waals surface area contributed by atoms with Gasteiger partial charge in [0.25, 0.3) is 15.6 Å². The number of halogens is 4. The van der Waals surface area contributed by atoms with E-state index in [-0.39, 0.29) is 22.5 Å². The van der Waals surface area contributed by atoms with Gasteiger partial charge in [-0.2, -0.15) is 5.10 Å². The Kier molecular flexibility index (Phi) is 10.6. The van der Waals surface area contributed by atoms with Crippen LogP contribution in [0.4, 0.5) is 9.18 Å². The monoisotopic (exact) mass is 743 g/mol. The number of likely N-dealkylation sites (tertiary alicyclic amines) is 1. The molecule has 0 radical (unpaired) electrons. The molecule has 3 unspecified atom stereocenters. The number of ether oxygens (including phenoxy) is 2. The summed E-state index contributed by atoms with van der Waals surface area (Å²) in [5.74, 6) is -2.03. The first kappa shape index (κ1) is 37.6. The number of nitrogens with zero attached hydrogens (tertiary/aromatic N) is 4. The van der Waals surface area contributed by atoms with E-state index in [4.69, 9.17) is 44.3 Å². The van der Waals surface area contributed by atoms with Crippen molar-refractivity contribution in [3.63, 3.8) is 0 Å². The maximum absolute atomic E-state index is 17.9. The molecule has 0 saturated carbocycles. The van der Waals surface area contributed by atoms with Crippen LogP contribution in [0.5, 0.6) is 5.75 Å². The number of amides is 3. The zero-order valence-electron chi connectivity index (χ0n) is 27.5. The molecule has 0 bridgehead atoms. The Balaban J connectivity index is 1.93. The number of benzene rings is 1. The van der Waals surface area contributed by atoms with Gasteiger partial charge < -0.3 is 14.4 Å². The van der Waals surface area contributed by atoms with Crippen molar-refractivity contribution in [2.24, 2.45) is 5.41 Å². The summed E-state index contributed by atoms with van der Waals surface area (Å²) >= 11 is 17.7. The third-order valence-corrected chi connectivity index (χ3v) is 9.30. The Morgan fingerprint density at radius 3 is 2.31 bits per heavy atom. The Bertz CT molecular complexity index is 1670. The number of Topliss-reactive ketones (excluding diaryl/α,β-unsaturated/α-hetero) is 1. The topological polar surface area (TPSA) is 133 Å². The molecule has 0 aliphatic carbocycles. The minimum Gasteiger partial charge on any atom is -0.496 e.